The van der Waals surface area contributed by atoms with Gasteiger partial charge in [0.2, 0.25) is 0 Å². The second kappa shape index (κ2) is 4.19. The quantitative estimate of drug-likeness (QED) is 0.661. The van der Waals surface area contributed by atoms with Gasteiger partial charge in [-0.15, -0.1) is 0 Å². The summed E-state index contributed by atoms with van der Waals surface area (Å²) < 4.78 is 0. The molecule has 1 saturated heterocycles. The molecule has 12 heavy (non-hydrogen) atoms. The lowest BCUT2D eigenvalue weighted by Gasteiger charge is -2.25. The fourth-order valence-corrected chi connectivity index (χ4v) is 1.89. The Balaban J connectivity index is 2.45. The van der Waals surface area contributed by atoms with Crippen LogP contribution < -0.4 is 5.73 Å². The predicted octanol–water partition coefficient (Wildman–Crippen LogP) is 1.39. The van der Waals surface area contributed by atoms with Gasteiger partial charge < -0.3 is 10.6 Å². The van der Waals surface area contributed by atoms with Gasteiger partial charge in [-0.05, 0) is 18.8 Å². The van der Waals surface area contributed by atoms with Crippen molar-refractivity contribution < 1.29 is 0 Å². The second-order valence-electron chi connectivity index (χ2n) is 3.80. The molecule has 1 atom stereocenters. The van der Waals surface area contributed by atoms with Gasteiger partial charge in [-0.3, -0.25) is 0 Å². The molecule has 0 radical (unpaired) electrons. The summed E-state index contributed by atoms with van der Waals surface area (Å²) in [5.41, 5.74) is 5.96. The summed E-state index contributed by atoms with van der Waals surface area (Å²) in [6.45, 7) is 6.46. The predicted molar refractivity (Wildman–Crippen MR) is 56.2 cm³/mol. The van der Waals surface area contributed by atoms with Gasteiger partial charge in [-0.2, -0.15) is 0 Å². The molecule has 1 rings (SSSR count). The summed E-state index contributed by atoms with van der Waals surface area (Å²) >= 11 is 5.31. The average Bonchev–Trinajstić information content (AvgIpc) is 2.53. The Hall–Kier alpha value is -0.150. The Morgan fingerprint density at radius 3 is 2.25 bits per heavy atom. The maximum Gasteiger partial charge on any atom is 0.0952 e. The van der Waals surface area contributed by atoms with Gasteiger partial charge in [0, 0.05) is 13.1 Å². The summed E-state index contributed by atoms with van der Waals surface area (Å²) in [7, 11) is 0. The Morgan fingerprint density at radius 1 is 1.33 bits per heavy atom. The van der Waals surface area contributed by atoms with Gasteiger partial charge >= 0.3 is 0 Å². The maximum atomic E-state index is 5.96. The second-order valence-corrected chi connectivity index (χ2v) is 4.22. The molecule has 1 heterocycles. The van der Waals surface area contributed by atoms with Gasteiger partial charge in [0.1, 0.15) is 0 Å². The van der Waals surface area contributed by atoms with Crippen molar-refractivity contribution >= 4 is 17.2 Å². The number of hydrogen-bond donors (Lipinski definition) is 1. The van der Waals surface area contributed by atoms with E-state index in [2.05, 4.69) is 18.7 Å². The Bertz CT molecular complexity index is 158. The number of nitrogens with zero attached hydrogens (tertiary/aromatic N) is 1. The van der Waals surface area contributed by atoms with Crippen molar-refractivity contribution in [1.82, 2.24) is 4.90 Å². The monoisotopic (exact) mass is 186 g/mol. The van der Waals surface area contributed by atoms with E-state index >= 15 is 0 Å². The number of thiocarbonyl (C=S) groups is 1. The molecule has 2 nitrogen and oxygen atoms in total. The van der Waals surface area contributed by atoms with E-state index < -0.39 is 0 Å². The van der Waals surface area contributed by atoms with Crippen LogP contribution in [0.25, 0.3) is 0 Å². The maximum absolute atomic E-state index is 5.96. The molecule has 70 valence electrons. The van der Waals surface area contributed by atoms with Crippen LogP contribution in [0.2, 0.25) is 0 Å². The minimum absolute atomic E-state index is 0.0677. The molecule has 0 bridgehead atoms. The van der Waals surface area contributed by atoms with Crippen LogP contribution in [0.15, 0.2) is 0 Å². The molecular formula is C9H18N2S. The van der Waals surface area contributed by atoms with Crippen LogP contribution in [0.1, 0.15) is 26.7 Å². The standard InChI is InChI=1S/C9H18N2S/c1-7(2)8(10)9(12)11-5-3-4-6-11/h7-8H,3-6,10H2,1-2H3/t8-/m0/s1. The molecule has 0 aromatic carbocycles. The highest BCUT2D eigenvalue weighted by atomic mass is 32.1. The van der Waals surface area contributed by atoms with Crippen molar-refractivity contribution in [3.8, 4) is 0 Å². The zero-order chi connectivity index (χ0) is 9.14. The summed E-state index contributed by atoms with van der Waals surface area (Å²) in [5, 5.41) is 0. The fraction of sp³-hybridized carbons (Fsp3) is 0.889. The topological polar surface area (TPSA) is 29.3 Å². The Labute approximate surface area is 80.1 Å². The van der Waals surface area contributed by atoms with Crippen LogP contribution >= 0.6 is 12.2 Å². The lowest BCUT2D eigenvalue weighted by Crippen LogP contribution is -2.44. The van der Waals surface area contributed by atoms with Gasteiger partial charge in [0.05, 0.1) is 11.0 Å². The third-order valence-corrected chi connectivity index (χ3v) is 2.95. The van der Waals surface area contributed by atoms with Crippen molar-refractivity contribution in [1.29, 1.82) is 0 Å². The van der Waals surface area contributed by atoms with E-state index in [1.54, 1.807) is 0 Å². The van der Waals surface area contributed by atoms with E-state index in [1.165, 1.54) is 12.8 Å². The van der Waals surface area contributed by atoms with E-state index in [0.29, 0.717) is 5.92 Å². The van der Waals surface area contributed by atoms with E-state index in [-0.39, 0.29) is 6.04 Å². The molecule has 0 aliphatic carbocycles. The van der Waals surface area contributed by atoms with Crippen molar-refractivity contribution in [3.05, 3.63) is 0 Å². The first kappa shape index (κ1) is 9.93. The van der Waals surface area contributed by atoms with Gasteiger partial charge in [-0.25, -0.2) is 0 Å². The van der Waals surface area contributed by atoms with Crippen LogP contribution in [0.5, 0.6) is 0 Å². The summed E-state index contributed by atoms with van der Waals surface area (Å²) in [4.78, 5) is 3.21. The van der Waals surface area contributed by atoms with Crippen molar-refractivity contribution in [2.45, 2.75) is 32.7 Å². The molecule has 0 aromatic heterocycles. The molecule has 1 aliphatic rings. The van der Waals surface area contributed by atoms with Crippen LogP contribution in [-0.4, -0.2) is 29.0 Å². The molecule has 1 aliphatic heterocycles. The van der Waals surface area contributed by atoms with Crippen molar-refractivity contribution in [3.63, 3.8) is 0 Å². The first-order valence-electron chi connectivity index (χ1n) is 4.67. The van der Waals surface area contributed by atoms with E-state index in [4.69, 9.17) is 18.0 Å². The molecule has 0 aromatic rings. The van der Waals surface area contributed by atoms with Crippen LogP contribution in [-0.2, 0) is 0 Å². The van der Waals surface area contributed by atoms with Crippen molar-refractivity contribution in [2.75, 3.05) is 13.1 Å². The largest absolute Gasteiger partial charge is 0.365 e. The summed E-state index contributed by atoms with van der Waals surface area (Å²) in [6.07, 6.45) is 2.54. The first-order chi connectivity index (χ1) is 5.63. The van der Waals surface area contributed by atoms with Gasteiger partial charge in [-0.1, -0.05) is 26.1 Å². The zero-order valence-electron chi connectivity index (χ0n) is 7.92. The summed E-state index contributed by atoms with van der Waals surface area (Å²) in [5.74, 6) is 0.457. The highest BCUT2D eigenvalue weighted by Crippen LogP contribution is 2.12. The van der Waals surface area contributed by atoms with Crippen LogP contribution in [0, 0.1) is 5.92 Å². The first-order valence-corrected chi connectivity index (χ1v) is 5.08. The van der Waals surface area contributed by atoms with Crippen LogP contribution in [0.3, 0.4) is 0 Å². The van der Waals surface area contributed by atoms with Crippen molar-refractivity contribution in [2.24, 2.45) is 11.7 Å². The fourth-order valence-electron chi connectivity index (χ4n) is 1.43. The van der Waals surface area contributed by atoms with Crippen LogP contribution in [0.4, 0.5) is 0 Å². The number of hydrogen-bond acceptors (Lipinski definition) is 2. The molecule has 0 spiro atoms. The molecule has 2 N–H and O–H groups in total. The molecule has 0 unspecified atom stereocenters. The highest BCUT2D eigenvalue weighted by Gasteiger charge is 2.21. The minimum atomic E-state index is 0.0677. The van der Waals surface area contributed by atoms with E-state index in [0.717, 1.165) is 18.1 Å². The Morgan fingerprint density at radius 2 is 1.83 bits per heavy atom. The number of nitrogens with two attached hydrogens (primary N) is 1. The molecule has 0 saturated carbocycles. The molecule has 3 heteroatoms. The summed E-state index contributed by atoms with van der Waals surface area (Å²) in [6, 6.07) is 0.0677. The third-order valence-electron chi connectivity index (χ3n) is 2.42. The SMILES string of the molecule is CC(C)[C@H](N)C(=S)N1CCCC1. The minimum Gasteiger partial charge on any atom is -0.365 e. The molecular weight excluding hydrogens is 168 g/mol. The number of likely N-dealkylation sites (tertiary alicyclic amines) is 1. The number of rotatable bonds is 2. The normalized spacial score (nSPS) is 20.2. The lowest BCUT2D eigenvalue weighted by atomic mass is 10.1. The zero-order valence-corrected chi connectivity index (χ0v) is 8.73. The van der Waals surface area contributed by atoms with Gasteiger partial charge in [0.15, 0.2) is 0 Å². The van der Waals surface area contributed by atoms with E-state index in [9.17, 15) is 0 Å². The molecule has 1 fully saturated rings. The molecule has 0 amide bonds. The highest BCUT2D eigenvalue weighted by molar-refractivity contribution is 7.80. The van der Waals surface area contributed by atoms with Gasteiger partial charge in [0.25, 0.3) is 0 Å². The smallest absolute Gasteiger partial charge is 0.0952 e. The average molecular weight is 186 g/mol. The Kier molecular flexibility index (Phi) is 3.47. The lowest BCUT2D eigenvalue weighted by molar-refractivity contribution is 0.476. The third kappa shape index (κ3) is 2.17. The van der Waals surface area contributed by atoms with E-state index in [1.807, 2.05) is 0 Å².